The molecule has 2 saturated heterocycles. The lowest BCUT2D eigenvalue weighted by atomic mass is 9.71. The Kier molecular flexibility index (Phi) is 18.5. The second-order valence-electron chi connectivity index (χ2n) is 25.7. The van der Waals surface area contributed by atoms with Crippen LogP contribution in [0.3, 0.4) is 0 Å². The highest BCUT2D eigenvalue weighted by Crippen LogP contribution is 2.61. The lowest BCUT2D eigenvalue weighted by Crippen LogP contribution is -2.69. The van der Waals surface area contributed by atoms with Crippen molar-refractivity contribution < 1.29 is 108 Å². The number of piperazine rings is 2. The summed E-state index contributed by atoms with van der Waals surface area (Å²) in [6.45, 7) is 11.3. The summed E-state index contributed by atoms with van der Waals surface area (Å²) in [6, 6.07) is -0.669. The molecule has 0 aromatic heterocycles. The van der Waals surface area contributed by atoms with Gasteiger partial charge in [-0.1, -0.05) is 19.1 Å². The van der Waals surface area contributed by atoms with Gasteiger partial charge in [-0.3, -0.25) is 48.4 Å². The van der Waals surface area contributed by atoms with Crippen LogP contribution in [0.5, 0.6) is 57.5 Å². The monoisotopic (exact) mass is 1360 g/mol. The van der Waals surface area contributed by atoms with E-state index in [1.807, 2.05) is 49.9 Å². The van der Waals surface area contributed by atoms with Gasteiger partial charge in [0.2, 0.25) is 31.2 Å². The van der Waals surface area contributed by atoms with Gasteiger partial charge in [0.15, 0.2) is 46.0 Å². The number of carbonyl (C=O) groups excluding carboxylic acids is 6. The summed E-state index contributed by atoms with van der Waals surface area (Å²) in [4.78, 5) is 82.2. The maximum atomic E-state index is 13.2. The molecule has 4 aromatic rings. The maximum absolute atomic E-state index is 13.2. The number of phenolic OH excluding ortho intramolecular Hbond substituents is 2. The highest BCUT2D eigenvalue weighted by atomic mass is 19.4. The smallest absolute Gasteiger partial charge is 0.471 e. The minimum atomic E-state index is -5.18. The summed E-state index contributed by atoms with van der Waals surface area (Å²) in [5.41, 5.74) is 7.53. The van der Waals surface area contributed by atoms with E-state index < -0.39 is 121 Å². The van der Waals surface area contributed by atoms with Crippen molar-refractivity contribution in [2.45, 2.75) is 166 Å². The predicted octanol–water partition coefficient (Wildman–Crippen LogP) is 5.77. The summed E-state index contributed by atoms with van der Waals surface area (Å²) in [5.74, 6) is -6.07. The summed E-state index contributed by atoms with van der Waals surface area (Å²) in [5, 5.41) is 53.1. The summed E-state index contributed by atoms with van der Waals surface area (Å²) >= 11 is 0. The summed E-state index contributed by atoms with van der Waals surface area (Å²) < 4.78 is 124. The predicted molar refractivity (Wildman–Crippen MR) is 326 cm³/mol. The molecular formula is C66H74F6N8O17. The number of benzene rings is 4. The quantitative estimate of drug-likeness (QED) is 0.0526. The van der Waals surface area contributed by atoms with Crippen molar-refractivity contribution in [1.29, 1.82) is 5.26 Å². The van der Waals surface area contributed by atoms with Crippen LogP contribution >= 0.6 is 0 Å². The van der Waals surface area contributed by atoms with E-state index in [1.54, 1.807) is 24.1 Å². The Balaban J connectivity index is 0.000000197. The Labute approximate surface area is 552 Å². The molecule has 2 fully saturated rings. The number of alkyl halides is 6. The molecule has 25 nitrogen and oxygen atoms in total. The number of ketones is 1. The Morgan fingerprint density at radius 1 is 0.629 bits per heavy atom. The third kappa shape index (κ3) is 11.8. The van der Waals surface area contributed by atoms with Gasteiger partial charge in [-0.15, -0.1) is 0 Å². The topological polar surface area (TPSA) is 310 Å². The van der Waals surface area contributed by atoms with Crippen LogP contribution < -0.4 is 53.8 Å². The summed E-state index contributed by atoms with van der Waals surface area (Å²) in [7, 11) is 6.67. The second-order valence-corrected chi connectivity index (χ2v) is 25.7. The van der Waals surface area contributed by atoms with E-state index in [0.717, 1.165) is 29.2 Å². The largest absolute Gasteiger partial charge is 0.504 e. The number of rotatable bonds is 13. The number of esters is 2. The molecule has 0 saturated carbocycles. The van der Waals surface area contributed by atoms with Crippen LogP contribution in [-0.4, -0.2) is 180 Å². The lowest BCUT2D eigenvalue weighted by Gasteiger charge is -2.60. The van der Waals surface area contributed by atoms with Gasteiger partial charge in [-0.05, 0) is 96.7 Å². The van der Waals surface area contributed by atoms with Crippen molar-refractivity contribution in [3.05, 3.63) is 78.9 Å². The van der Waals surface area contributed by atoms with Crippen molar-refractivity contribution >= 4 is 35.4 Å². The number of hydrogen-bond donors (Lipinski definition) is 6. The van der Waals surface area contributed by atoms with Gasteiger partial charge >= 0.3 is 30.2 Å². The first-order valence-corrected chi connectivity index (χ1v) is 31.3. The van der Waals surface area contributed by atoms with Gasteiger partial charge in [-0.2, -0.15) is 31.6 Å². The zero-order valence-corrected chi connectivity index (χ0v) is 55.0. The molecule has 8 aliphatic heterocycles. The standard InChI is InChI=1S/C34H37F3N4O8.C32H37F3N4O9/c1-14-7-18-9-20-22(11-38)41-21(27(40(20)5)25(18)28(44)29(14)46-6)10-19-26(32-31(47-13-48-32)16(3)30(19)49-17(4)42)23(41)12-39-33(45)15(2)8-24(43)34(35,36)37;1-12-7-16-8-19-30(43)39-18(23(38(19)5)21(16)24(41)25(12)45-6)9-17-22(28-27(46-11-47-28)13(2)26(17)48-15(4)40)20(39)10-36-29(42)14(3)37-31(44)32(33,34)35/h7,15,20-23,27,44H,8-10,12-13H2,1-6H3,(H,39,45);7,14,18-20,23,30,41,43H,8-11H2,1-6H3,(H,36,42)(H,37,44)/t15-,20+,21?,22+,23+,27+;14-,18?,19-,20-,23-,30-/m10/s1. The van der Waals surface area contributed by atoms with Crippen LogP contribution in [0, 0.1) is 44.9 Å². The molecule has 97 heavy (non-hydrogen) atoms. The number of aromatic hydroxyl groups is 2. The van der Waals surface area contributed by atoms with E-state index in [0.29, 0.717) is 91.8 Å². The van der Waals surface area contributed by atoms with E-state index in [1.165, 1.54) is 35.0 Å². The number of nitrogens with one attached hydrogen (secondary N) is 3. The average Bonchev–Trinajstić information content (AvgIpc) is 1.20. The number of likely N-dealkylation sites (N-methyl/N-ethyl adjacent to an activating group) is 2. The number of nitrogens with zero attached hydrogens (tertiary/aromatic N) is 5. The van der Waals surface area contributed by atoms with E-state index in [4.69, 9.17) is 37.9 Å². The molecule has 4 aromatic carbocycles. The third-order valence-corrected chi connectivity index (χ3v) is 20.0. The highest BCUT2D eigenvalue weighted by Gasteiger charge is 2.59. The number of amides is 3. The molecule has 12 rings (SSSR count). The number of aliphatic hydroxyl groups is 1. The average molecular weight is 1370 g/mol. The second kappa shape index (κ2) is 25.9. The number of carbonyl (C=O) groups is 6. The number of aliphatic hydroxyl groups excluding tert-OH is 1. The number of ether oxygens (including phenoxy) is 8. The summed E-state index contributed by atoms with van der Waals surface area (Å²) in [6.07, 6.45) is -11.2. The van der Waals surface area contributed by atoms with Gasteiger partial charge in [0, 0.05) is 102 Å². The molecule has 31 heteroatoms. The molecule has 2 unspecified atom stereocenters. The van der Waals surface area contributed by atoms with Crippen LogP contribution in [-0.2, 0) is 54.5 Å². The zero-order valence-electron chi connectivity index (χ0n) is 55.0. The number of methoxy groups -OCH3 is 2. The number of halogens is 6. The van der Waals surface area contributed by atoms with E-state index in [9.17, 15) is 75.7 Å². The first kappa shape index (κ1) is 69.5. The Bertz CT molecular complexity index is 3990. The normalized spacial score (nSPS) is 24.7. The molecule has 0 radical (unpaired) electrons. The minimum absolute atomic E-state index is 0.0240. The van der Waals surface area contributed by atoms with E-state index in [-0.39, 0.29) is 68.6 Å². The SMILES string of the molecule is COc1c(C)cc2c(c1O)[C@@H]1C3Cc4c(OC(C)=O)c(C)c5c(c4[C@H](CNC(=O)[C@H](C)CC(=O)C(F)(F)F)N3[C@@H](C#N)[C@H](C2)N1C)OCO5.COc1c(C)cc2c(c1O)[C@@H]1C3Cc4c(OC(C)=O)c(C)c5c(c4[C@H](CNC(=O)[C@H](C)NC(=O)C(F)(F)F)N3[C@@H](O)[C@H](C2)N1C)OCO5. The van der Waals surface area contributed by atoms with Crippen molar-refractivity contribution in [2.75, 3.05) is 55.0 Å². The van der Waals surface area contributed by atoms with Gasteiger partial charge in [-0.25, -0.2) is 0 Å². The fourth-order valence-corrected chi connectivity index (χ4v) is 16.0. The van der Waals surface area contributed by atoms with Gasteiger partial charge in [0.1, 0.15) is 29.8 Å². The van der Waals surface area contributed by atoms with Gasteiger partial charge in [0.25, 0.3) is 0 Å². The van der Waals surface area contributed by atoms with Crippen molar-refractivity contribution in [3.63, 3.8) is 0 Å². The first-order chi connectivity index (χ1) is 45.7. The van der Waals surface area contributed by atoms with Crippen LogP contribution in [0.2, 0.25) is 0 Å². The van der Waals surface area contributed by atoms with Gasteiger partial charge in [0.05, 0.1) is 50.5 Å². The maximum Gasteiger partial charge on any atom is 0.471 e. The van der Waals surface area contributed by atoms with Crippen molar-refractivity contribution in [1.82, 2.24) is 35.6 Å². The van der Waals surface area contributed by atoms with Crippen LogP contribution in [0.25, 0.3) is 0 Å². The number of aryl methyl sites for hydroxylation is 2. The van der Waals surface area contributed by atoms with Crippen LogP contribution in [0.4, 0.5) is 26.3 Å². The third-order valence-electron chi connectivity index (χ3n) is 20.0. The molecule has 522 valence electrons. The minimum Gasteiger partial charge on any atom is -0.504 e. The Morgan fingerprint density at radius 2 is 1.06 bits per heavy atom. The molecular weight excluding hydrogens is 1290 g/mol. The highest BCUT2D eigenvalue weighted by molar-refractivity contribution is 5.90. The number of Topliss-reactive ketones (excluding diaryl/α,β-unsaturated/α-hetero) is 1. The fraction of sp³-hybridized carbons (Fsp3) is 0.530. The molecule has 0 spiro atoms. The molecule has 8 heterocycles. The number of phenols is 2. The molecule has 12 atom stereocenters. The van der Waals surface area contributed by atoms with Crippen LogP contribution in [0.15, 0.2) is 12.1 Å². The molecule has 6 N–H and O–H groups in total. The van der Waals surface area contributed by atoms with Crippen molar-refractivity contribution in [2.24, 2.45) is 5.92 Å². The molecule has 4 bridgehead atoms. The van der Waals surface area contributed by atoms with Crippen LogP contribution in [0.1, 0.15) is 125 Å². The van der Waals surface area contributed by atoms with Crippen molar-refractivity contribution in [3.8, 4) is 63.6 Å². The first-order valence-electron chi connectivity index (χ1n) is 31.3. The molecule has 8 aliphatic rings. The fourth-order valence-electron chi connectivity index (χ4n) is 16.0. The van der Waals surface area contributed by atoms with Gasteiger partial charge < -0.3 is 69.2 Å². The number of fused-ring (bicyclic) bond motifs is 18. The molecule has 3 amide bonds. The number of nitriles is 1. The van der Waals surface area contributed by atoms with E-state index >= 15 is 0 Å². The Hall–Kier alpha value is -8.83. The lowest BCUT2D eigenvalue weighted by molar-refractivity contribution is -0.175. The zero-order chi connectivity index (χ0) is 70.7. The number of hydrogen-bond acceptors (Lipinski definition) is 22. The Morgan fingerprint density at radius 3 is 1.51 bits per heavy atom. The molecule has 0 aliphatic carbocycles. The van der Waals surface area contributed by atoms with E-state index in [2.05, 4.69) is 21.6 Å².